The number of hydrogen-bond donors (Lipinski definition) is 1. The highest BCUT2D eigenvalue weighted by Gasteiger charge is 2.35. The summed E-state index contributed by atoms with van der Waals surface area (Å²) in [4.78, 5) is 14.6. The number of hydrogen-bond acceptors (Lipinski definition) is 4. The molecule has 1 saturated heterocycles. The minimum absolute atomic E-state index is 0.0421. The van der Waals surface area contributed by atoms with E-state index in [0.717, 1.165) is 38.8 Å². The second kappa shape index (κ2) is 8.54. The van der Waals surface area contributed by atoms with E-state index in [1.807, 2.05) is 6.92 Å². The summed E-state index contributed by atoms with van der Waals surface area (Å²) in [6, 6.07) is 0.881. The molecule has 4 nitrogen and oxygen atoms in total. The molecular weight excluding hydrogens is 240 g/mol. The Morgan fingerprint density at radius 2 is 2.05 bits per heavy atom. The Kier molecular flexibility index (Phi) is 7.39. The van der Waals surface area contributed by atoms with Crippen LogP contribution in [-0.4, -0.2) is 48.7 Å². The summed E-state index contributed by atoms with van der Waals surface area (Å²) in [5.74, 6) is -0.0421. The van der Waals surface area contributed by atoms with Gasteiger partial charge in [0.2, 0.25) is 0 Å². The third kappa shape index (κ3) is 4.46. The molecule has 1 aliphatic rings. The van der Waals surface area contributed by atoms with Gasteiger partial charge in [-0.05, 0) is 26.2 Å². The van der Waals surface area contributed by atoms with E-state index in [9.17, 15) is 4.79 Å². The molecule has 3 atom stereocenters. The van der Waals surface area contributed by atoms with E-state index in [2.05, 4.69) is 31.0 Å². The number of esters is 1. The lowest BCUT2D eigenvalue weighted by molar-refractivity contribution is -0.151. The maximum absolute atomic E-state index is 12.2. The van der Waals surface area contributed by atoms with Crippen LogP contribution >= 0.6 is 0 Å². The number of carbonyl (C=O) groups is 1. The van der Waals surface area contributed by atoms with Crippen molar-refractivity contribution >= 4 is 5.97 Å². The van der Waals surface area contributed by atoms with E-state index < -0.39 is 0 Å². The molecule has 1 aliphatic heterocycles. The first-order valence-corrected chi connectivity index (χ1v) is 7.83. The highest BCUT2D eigenvalue weighted by atomic mass is 16.5. The number of nitrogens with zero attached hydrogens (tertiary/aromatic N) is 1. The molecule has 1 fully saturated rings. The maximum Gasteiger partial charge on any atom is 0.323 e. The third-order valence-electron chi connectivity index (χ3n) is 4.03. The average molecular weight is 270 g/mol. The molecular formula is C15H30N2O2. The van der Waals surface area contributed by atoms with Gasteiger partial charge in [-0.25, -0.2) is 0 Å². The lowest BCUT2D eigenvalue weighted by Gasteiger charge is -2.43. The van der Waals surface area contributed by atoms with E-state index in [1.165, 1.54) is 0 Å². The number of rotatable bonds is 7. The van der Waals surface area contributed by atoms with Gasteiger partial charge < -0.3 is 10.1 Å². The predicted octanol–water partition coefficient (Wildman–Crippen LogP) is 2.18. The van der Waals surface area contributed by atoms with Crippen molar-refractivity contribution in [2.24, 2.45) is 0 Å². The summed E-state index contributed by atoms with van der Waals surface area (Å²) in [6.07, 6.45) is 4.09. The Morgan fingerprint density at radius 3 is 2.58 bits per heavy atom. The first-order valence-electron chi connectivity index (χ1n) is 7.83. The molecule has 19 heavy (non-hydrogen) atoms. The zero-order valence-corrected chi connectivity index (χ0v) is 12.9. The highest BCUT2D eigenvalue weighted by Crippen LogP contribution is 2.19. The number of piperazine rings is 1. The van der Waals surface area contributed by atoms with Crippen molar-refractivity contribution in [3.8, 4) is 0 Å². The maximum atomic E-state index is 12.2. The first kappa shape index (κ1) is 16.4. The standard InChI is InChI=1S/C15H30N2O2/c1-5-9-14(15(18)19-8-4)17-11-12(6-2)16-10-13(17)7-3/h12-14,16H,5-11H2,1-4H3. The van der Waals surface area contributed by atoms with E-state index in [0.29, 0.717) is 18.7 Å². The summed E-state index contributed by atoms with van der Waals surface area (Å²) >= 11 is 0. The fourth-order valence-electron chi connectivity index (χ4n) is 2.85. The fraction of sp³-hybridized carbons (Fsp3) is 0.933. The van der Waals surface area contributed by atoms with Gasteiger partial charge in [0.05, 0.1) is 6.61 Å². The second-order valence-electron chi connectivity index (χ2n) is 5.33. The van der Waals surface area contributed by atoms with Crippen LogP contribution in [0.3, 0.4) is 0 Å². The molecule has 0 bridgehead atoms. The molecule has 4 heteroatoms. The van der Waals surface area contributed by atoms with Gasteiger partial charge >= 0.3 is 5.97 Å². The normalized spacial score (nSPS) is 26.1. The van der Waals surface area contributed by atoms with Crippen LogP contribution in [0.4, 0.5) is 0 Å². The summed E-state index contributed by atoms with van der Waals surface area (Å²) in [5.41, 5.74) is 0. The smallest absolute Gasteiger partial charge is 0.323 e. The van der Waals surface area contributed by atoms with Crippen LogP contribution in [0.25, 0.3) is 0 Å². The summed E-state index contributed by atoms with van der Waals surface area (Å²) in [6.45, 7) is 10.8. The molecule has 0 amide bonds. The van der Waals surface area contributed by atoms with Crippen molar-refractivity contribution in [2.45, 2.75) is 71.5 Å². The van der Waals surface area contributed by atoms with Crippen molar-refractivity contribution in [3.05, 3.63) is 0 Å². The van der Waals surface area contributed by atoms with Crippen molar-refractivity contribution in [2.75, 3.05) is 19.7 Å². The monoisotopic (exact) mass is 270 g/mol. The van der Waals surface area contributed by atoms with Gasteiger partial charge in [0.15, 0.2) is 0 Å². The zero-order chi connectivity index (χ0) is 14.3. The van der Waals surface area contributed by atoms with Gasteiger partial charge in [0.25, 0.3) is 0 Å². The minimum atomic E-state index is -0.0638. The molecule has 1 heterocycles. The molecule has 1 rings (SSSR count). The second-order valence-corrected chi connectivity index (χ2v) is 5.33. The summed E-state index contributed by atoms with van der Waals surface area (Å²) < 4.78 is 5.27. The van der Waals surface area contributed by atoms with Gasteiger partial charge in [-0.15, -0.1) is 0 Å². The molecule has 0 aromatic rings. The van der Waals surface area contributed by atoms with Crippen molar-refractivity contribution < 1.29 is 9.53 Å². The zero-order valence-electron chi connectivity index (χ0n) is 12.9. The van der Waals surface area contributed by atoms with Crippen molar-refractivity contribution in [3.63, 3.8) is 0 Å². The first-order chi connectivity index (χ1) is 9.17. The molecule has 0 radical (unpaired) electrons. The van der Waals surface area contributed by atoms with Crippen LogP contribution in [-0.2, 0) is 9.53 Å². The largest absolute Gasteiger partial charge is 0.465 e. The van der Waals surface area contributed by atoms with Gasteiger partial charge in [-0.1, -0.05) is 27.2 Å². The Balaban J connectivity index is 2.79. The Labute approximate surface area is 117 Å². The molecule has 0 aromatic heterocycles. The number of nitrogens with one attached hydrogen (secondary N) is 1. The SMILES string of the molecule is CCCC(C(=O)OCC)N1CC(CC)NCC1CC. The topological polar surface area (TPSA) is 41.6 Å². The van der Waals surface area contributed by atoms with E-state index in [1.54, 1.807) is 0 Å². The van der Waals surface area contributed by atoms with Gasteiger partial charge in [0.1, 0.15) is 6.04 Å². The summed E-state index contributed by atoms with van der Waals surface area (Å²) in [7, 11) is 0. The van der Waals surface area contributed by atoms with Crippen LogP contribution in [0.2, 0.25) is 0 Å². The van der Waals surface area contributed by atoms with Crippen LogP contribution < -0.4 is 5.32 Å². The van der Waals surface area contributed by atoms with Crippen LogP contribution in [0.5, 0.6) is 0 Å². The van der Waals surface area contributed by atoms with Crippen LogP contribution in [0.1, 0.15) is 53.4 Å². The molecule has 0 saturated carbocycles. The van der Waals surface area contributed by atoms with E-state index in [4.69, 9.17) is 4.74 Å². The van der Waals surface area contributed by atoms with E-state index in [-0.39, 0.29) is 12.0 Å². The Bertz CT molecular complexity index is 271. The molecule has 0 aliphatic carbocycles. The Morgan fingerprint density at radius 1 is 1.32 bits per heavy atom. The van der Waals surface area contributed by atoms with Crippen LogP contribution in [0.15, 0.2) is 0 Å². The fourth-order valence-corrected chi connectivity index (χ4v) is 2.85. The van der Waals surface area contributed by atoms with Gasteiger partial charge in [-0.3, -0.25) is 9.69 Å². The average Bonchev–Trinajstić information content (AvgIpc) is 2.44. The molecule has 1 N–H and O–H groups in total. The molecule has 112 valence electrons. The lowest BCUT2D eigenvalue weighted by Crippen LogP contribution is -2.60. The highest BCUT2D eigenvalue weighted by molar-refractivity contribution is 5.75. The number of ether oxygens (including phenoxy) is 1. The van der Waals surface area contributed by atoms with Gasteiger partial charge in [-0.2, -0.15) is 0 Å². The van der Waals surface area contributed by atoms with Crippen LogP contribution in [0, 0.1) is 0 Å². The Hall–Kier alpha value is -0.610. The van der Waals surface area contributed by atoms with E-state index >= 15 is 0 Å². The van der Waals surface area contributed by atoms with Crippen molar-refractivity contribution in [1.82, 2.24) is 10.2 Å². The predicted molar refractivity (Wildman–Crippen MR) is 78.2 cm³/mol. The quantitative estimate of drug-likeness (QED) is 0.720. The lowest BCUT2D eigenvalue weighted by atomic mass is 10.00. The number of carbonyl (C=O) groups excluding carboxylic acids is 1. The molecule has 0 spiro atoms. The third-order valence-corrected chi connectivity index (χ3v) is 4.03. The van der Waals surface area contributed by atoms with Gasteiger partial charge in [0, 0.05) is 25.2 Å². The molecule has 0 aromatic carbocycles. The summed E-state index contributed by atoms with van der Waals surface area (Å²) in [5, 5.41) is 3.57. The minimum Gasteiger partial charge on any atom is -0.465 e. The van der Waals surface area contributed by atoms with Crippen molar-refractivity contribution in [1.29, 1.82) is 0 Å². The molecule has 3 unspecified atom stereocenters.